The average molecular weight is 414 g/mol. The molecule has 3 rings (SSSR count). The zero-order chi connectivity index (χ0) is 20.3. The summed E-state index contributed by atoms with van der Waals surface area (Å²) >= 11 is 0. The maximum Gasteiger partial charge on any atom is 0.241 e. The van der Waals surface area contributed by atoms with Gasteiger partial charge in [0.1, 0.15) is 0 Å². The van der Waals surface area contributed by atoms with Crippen LogP contribution in [-0.4, -0.2) is 78.9 Å². The molecule has 3 heterocycles. The molecule has 0 unspecified atom stereocenters. The Kier molecular flexibility index (Phi) is 7.02. The van der Waals surface area contributed by atoms with Crippen molar-refractivity contribution in [2.24, 2.45) is 5.92 Å². The number of hydrogen-bond donors (Lipinski definition) is 0. The summed E-state index contributed by atoms with van der Waals surface area (Å²) in [7, 11) is -3.60. The zero-order valence-electron chi connectivity index (χ0n) is 17.3. The van der Waals surface area contributed by atoms with Gasteiger partial charge in [0.25, 0.3) is 0 Å². The maximum atomic E-state index is 12.9. The predicted molar refractivity (Wildman–Crippen MR) is 108 cm³/mol. The van der Waals surface area contributed by atoms with Gasteiger partial charge in [0.15, 0.2) is 0 Å². The molecular formula is C20H35N3O4S. The van der Waals surface area contributed by atoms with Crippen molar-refractivity contribution < 1.29 is 18.0 Å². The molecule has 28 heavy (non-hydrogen) atoms. The van der Waals surface area contributed by atoms with Crippen LogP contribution in [0.1, 0.15) is 64.7 Å². The van der Waals surface area contributed by atoms with Gasteiger partial charge in [-0.15, -0.1) is 0 Å². The van der Waals surface area contributed by atoms with Gasteiger partial charge in [-0.2, -0.15) is 0 Å². The van der Waals surface area contributed by atoms with Crippen LogP contribution in [0, 0.1) is 5.92 Å². The minimum atomic E-state index is -3.60. The molecule has 3 aliphatic heterocycles. The summed E-state index contributed by atoms with van der Waals surface area (Å²) in [6.07, 6.45) is 9.48. The van der Waals surface area contributed by atoms with E-state index in [1.807, 2.05) is 11.8 Å². The van der Waals surface area contributed by atoms with E-state index in [-0.39, 0.29) is 29.8 Å². The molecular weight excluding hydrogens is 378 g/mol. The van der Waals surface area contributed by atoms with Crippen molar-refractivity contribution in [2.75, 3.05) is 32.4 Å². The fraction of sp³-hybridized carbons (Fsp3) is 0.900. The van der Waals surface area contributed by atoms with Crippen molar-refractivity contribution >= 4 is 21.8 Å². The van der Waals surface area contributed by atoms with Gasteiger partial charge in [0.05, 0.1) is 24.3 Å². The first-order valence-electron chi connectivity index (χ1n) is 10.9. The molecule has 2 amide bonds. The van der Waals surface area contributed by atoms with E-state index in [0.717, 1.165) is 43.0 Å². The predicted octanol–water partition coefficient (Wildman–Crippen LogP) is 1.83. The fourth-order valence-corrected chi connectivity index (χ4v) is 6.46. The Morgan fingerprint density at radius 2 is 1.79 bits per heavy atom. The summed E-state index contributed by atoms with van der Waals surface area (Å²) in [4.78, 5) is 30.0. The van der Waals surface area contributed by atoms with Gasteiger partial charge in [-0.05, 0) is 51.7 Å². The van der Waals surface area contributed by atoms with Gasteiger partial charge in [0.2, 0.25) is 21.8 Å². The van der Waals surface area contributed by atoms with Crippen LogP contribution in [0.15, 0.2) is 0 Å². The van der Waals surface area contributed by atoms with Gasteiger partial charge in [-0.25, -0.2) is 12.7 Å². The summed E-state index contributed by atoms with van der Waals surface area (Å²) in [6.45, 7) is 5.74. The Morgan fingerprint density at radius 3 is 2.39 bits per heavy atom. The van der Waals surface area contributed by atoms with Gasteiger partial charge in [-0.1, -0.05) is 26.2 Å². The Bertz CT molecular complexity index is 673. The number of amides is 2. The lowest BCUT2D eigenvalue weighted by molar-refractivity contribution is -0.134. The van der Waals surface area contributed by atoms with Crippen LogP contribution in [-0.2, 0) is 19.6 Å². The monoisotopic (exact) mass is 413 g/mol. The van der Waals surface area contributed by atoms with Crippen molar-refractivity contribution in [3.8, 4) is 0 Å². The van der Waals surface area contributed by atoms with Crippen molar-refractivity contribution in [3.63, 3.8) is 0 Å². The van der Waals surface area contributed by atoms with E-state index in [4.69, 9.17) is 0 Å². The summed E-state index contributed by atoms with van der Waals surface area (Å²) in [6, 6.07) is -0.665. The maximum absolute atomic E-state index is 12.9. The molecule has 8 heteroatoms. The minimum Gasteiger partial charge on any atom is -0.337 e. The van der Waals surface area contributed by atoms with Crippen LogP contribution in [0.2, 0.25) is 0 Å². The molecule has 3 saturated heterocycles. The number of nitrogens with zero attached hydrogens (tertiary/aromatic N) is 3. The van der Waals surface area contributed by atoms with Gasteiger partial charge in [0, 0.05) is 13.0 Å². The van der Waals surface area contributed by atoms with Gasteiger partial charge in [-0.3, -0.25) is 9.59 Å². The molecule has 160 valence electrons. The third kappa shape index (κ3) is 4.53. The highest BCUT2D eigenvalue weighted by molar-refractivity contribution is 7.88. The third-order valence-corrected chi connectivity index (χ3v) is 7.67. The molecule has 0 radical (unpaired) electrons. The molecule has 0 spiro atoms. The van der Waals surface area contributed by atoms with E-state index in [1.54, 1.807) is 0 Å². The minimum absolute atomic E-state index is 0.0755. The van der Waals surface area contributed by atoms with Crippen molar-refractivity contribution in [2.45, 2.75) is 76.8 Å². The molecule has 0 bridgehead atoms. The smallest absolute Gasteiger partial charge is 0.241 e. The molecule has 0 saturated carbocycles. The van der Waals surface area contributed by atoms with E-state index in [2.05, 4.69) is 4.90 Å². The summed E-state index contributed by atoms with van der Waals surface area (Å²) in [5.41, 5.74) is 0. The number of likely N-dealkylation sites (tertiary alicyclic amines) is 2. The first-order chi connectivity index (χ1) is 13.3. The van der Waals surface area contributed by atoms with E-state index in [1.165, 1.54) is 25.7 Å². The number of fused-ring (bicyclic) bond motifs is 1. The van der Waals surface area contributed by atoms with Gasteiger partial charge < -0.3 is 9.80 Å². The highest BCUT2D eigenvalue weighted by Crippen LogP contribution is 2.40. The largest absolute Gasteiger partial charge is 0.337 e. The van der Waals surface area contributed by atoms with Gasteiger partial charge >= 0.3 is 0 Å². The molecule has 3 aliphatic rings. The first-order valence-corrected chi connectivity index (χ1v) is 12.7. The highest BCUT2D eigenvalue weighted by atomic mass is 32.2. The number of rotatable bonds is 7. The molecule has 0 aliphatic carbocycles. The lowest BCUT2D eigenvalue weighted by atomic mass is 9.94. The van der Waals surface area contributed by atoms with Crippen LogP contribution in [0.25, 0.3) is 0 Å². The SMILES string of the molecule is CCC[C@H]1C(=O)N(S(C)(=O)=O)[C@H]2CCN(C(=O)CCCN3CCCCCC3)[C@H]12. The van der Waals surface area contributed by atoms with E-state index >= 15 is 0 Å². The topological polar surface area (TPSA) is 78.0 Å². The third-order valence-electron chi connectivity index (χ3n) is 6.51. The quantitative estimate of drug-likeness (QED) is 0.636. The highest BCUT2D eigenvalue weighted by Gasteiger charge is 2.56. The standard InChI is InChI=1S/C20H35N3O4S/c1-3-9-16-19-17(23(20(16)25)28(2,26)27)11-15-22(19)18(24)10-8-14-21-12-6-4-5-7-13-21/h16-17,19H,3-15H2,1-2H3/t16-,17+,19-/m1/s1. The van der Waals surface area contributed by atoms with E-state index < -0.39 is 10.0 Å². The summed E-state index contributed by atoms with van der Waals surface area (Å²) in [5.74, 6) is -0.630. The van der Waals surface area contributed by atoms with E-state index in [9.17, 15) is 18.0 Å². The Hall–Kier alpha value is -1.15. The Balaban J connectivity index is 1.62. The van der Waals surface area contributed by atoms with Crippen molar-refractivity contribution in [1.29, 1.82) is 0 Å². The zero-order valence-corrected chi connectivity index (χ0v) is 18.1. The first kappa shape index (κ1) is 21.6. The van der Waals surface area contributed by atoms with Crippen LogP contribution >= 0.6 is 0 Å². The van der Waals surface area contributed by atoms with Crippen LogP contribution in [0.4, 0.5) is 0 Å². The summed E-state index contributed by atoms with van der Waals surface area (Å²) < 4.78 is 25.4. The van der Waals surface area contributed by atoms with Crippen LogP contribution in [0.3, 0.4) is 0 Å². The summed E-state index contributed by atoms with van der Waals surface area (Å²) in [5, 5.41) is 0. The number of sulfonamides is 1. The molecule has 0 aromatic heterocycles. The van der Waals surface area contributed by atoms with Crippen LogP contribution < -0.4 is 0 Å². The molecule has 0 aromatic carbocycles. The molecule has 7 nitrogen and oxygen atoms in total. The lowest BCUT2D eigenvalue weighted by Gasteiger charge is -2.28. The second-order valence-corrected chi connectivity index (χ2v) is 10.4. The number of carbonyl (C=O) groups excluding carboxylic acids is 2. The molecule has 3 fully saturated rings. The Morgan fingerprint density at radius 1 is 1.11 bits per heavy atom. The second kappa shape index (κ2) is 9.11. The van der Waals surface area contributed by atoms with Crippen LogP contribution in [0.5, 0.6) is 0 Å². The number of carbonyl (C=O) groups is 2. The van der Waals surface area contributed by atoms with Crippen molar-refractivity contribution in [1.82, 2.24) is 14.1 Å². The van der Waals surface area contributed by atoms with Crippen molar-refractivity contribution in [3.05, 3.63) is 0 Å². The Labute approximate surface area is 169 Å². The average Bonchev–Trinajstić information content (AvgIpc) is 3.02. The normalized spacial score (nSPS) is 29.2. The molecule has 0 N–H and O–H groups in total. The molecule has 3 atom stereocenters. The lowest BCUT2D eigenvalue weighted by Crippen LogP contribution is -2.43. The second-order valence-electron chi connectivity index (χ2n) is 8.59. The molecule has 0 aromatic rings. The fourth-order valence-electron chi connectivity index (χ4n) is 5.28. The number of hydrogen-bond acceptors (Lipinski definition) is 5. The van der Waals surface area contributed by atoms with E-state index in [0.29, 0.717) is 25.8 Å².